The van der Waals surface area contributed by atoms with Gasteiger partial charge in [-0.15, -0.1) is 0 Å². The van der Waals surface area contributed by atoms with Gasteiger partial charge < -0.3 is 0 Å². The summed E-state index contributed by atoms with van der Waals surface area (Å²) < 4.78 is 1.51. The van der Waals surface area contributed by atoms with Gasteiger partial charge in [0.25, 0.3) is 5.69 Å². The molecule has 1 aromatic carbocycles. The summed E-state index contributed by atoms with van der Waals surface area (Å²) in [5.41, 5.74) is 2.40. The highest BCUT2D eigenvalue weighted by atomic mass is 16.6. The molecule has 0 fully saturated rings. The van der Waals surface area contributed by atoms with E-state index in [1.165, 1.54) is 23.6 Å². The first-order chi connectivity index (χ1) is 7.93. The summed E-state index contributed by atoms with van der Waals surface area (Å²) in [5.74, 6) is -0.138. The van der Waals surface area contributed by atoms with Crippen LogP contribution in [0.4, 0.5) is 5.69 Å². The van der Waals surface area contributed by atoms with Crippen LogP contribution in [0.2, 0.25) is 0 Å². The van der Waals surface area contributed by atoms with Crippen LogP contribution in [0.1, 0.15) is 23.0 Å². The van der Waals surface area contributed by atoms with Crippen LogP contribution in [0.15, 0.2) is 18.2 Å². The molecule has 0 amide bonds. The lowest BCUT2D eigenvalue weighted by atomic mass is 10.1. The smallest absolute Gasteiger partial charge is 0.271 e. The van der Waals surface area contributed by atoms with Crippen molar-refractivity contribution in [3.63, 3.8) is 0 Å². The van der Waals surface area contributed by atoms with Gasteiger partial charge in [0.15, 0.2) is 0 Å². The first kappa shape index (κ1) is 11.3. The van der Waals surface area contributed by atoms with Gasteiger partial charge in [0, 0.05) is 30.1 Å². The number of rotatable bonds is 1. The van der Waals surface area contributed by atoms with Crippen molar-refractivity contribution in [2.24, 2.45) is 0 Å². The van der Waals surface area contributed by atoms with Crippen molar-refractivity contribution in [3.8, 4) is 0 Å². The molecule has 1 heterocycles. The van der Waals surface area contributed by atoms with Crippen molar-refractivity contribution in [3.05, 3.63) is 39.6 Å². The molecule has 0 aliphatic carbocycles. The van der Waals surface area contributed by atoms with E-state index in [1.807, 2.05) is 13.8 Å². The molecule has 88 valence electrons. The van der Waals surface area contributed by atoms with Gasteiger partial charge in [0.05, 0.1) is 10.4 Å². The van der Waals surface area contributed by atoms with Crippen LogP contribution in [0.25, 0.3) is 10.9 Å². The Kier molecular flexibility index (Phi) is 2.46. The number of aromatic nitrogens is 1. The summed E-state index contributed by atoms with van der Waals surface area (Å²) >= 11 is 0. The average Bonchev–Trinajstić information content (AvgIpc) is 2.51. The second-order valence-corrected chi connectivity index (χ2v) is 4.02. The monoisotopic (exact) mass is 232 g/mol. The second kappa shape index (κ2) is 3.69. The molecule has 1 aromatic heterocycles. The number of nitrogens with zero attached hydrogens (tertiary/aromatic N) is 2. The molecule has 0 N–H and O–H groups in total. The minimum atomic E-state index is -0.457. The third-order valence-electron chi connectivity index (χ3n) is 3.03. The summed E-state index contributed by atoms with van der Waals surface area (Å²) in [6.07, 6.45) is 0. The molecule has 5 heteroatoms. The van der Waals surface area contributed by atoms with Gasteiger partial charge in [-0.2, -0.15) is 0 Å². The van der Waals surface area contributed by atoms with Gasteiger partial charge in [-0.1, -0.05) is 0 Å². The van der Waals surface area contributed by atoms with Gasteiger partial charge in [-0.05, 0) is 25.5 Å². The molecule has 2 rings (SSSR count). The third kappa shape index (κ3) is 1.60. The van der Waals surface area contributed by atoms with E-state index in [2.05, 4.69) is 0 Å². The van der Waals surface area contributed by atoms with Crippen LogP contribution in [-0.2, 0) is 0 Å². The summed E-state index contributed by atoms with van der Waals surface area (Å²) in [4.78, 5) is 21.8. The maximum absolute atomic E-state index is 11.6. The van der Waals surface area contributed by atoms with E-state index in [4.69, 9.17) is 0 Å². The molecule has 0 saturated heterocycles. The minimum absolute atomic E-state index is 0.00231. The molecule has 0 atom stereocenters. The Bertz CT molecular complexity index is 641. The van der Waals surface area contributed by atoms with E-state index in [0.717, 1.165) is 16.6 Å². The van der Waals surface area contributed by atoms with Crippen LogP contribution >= 0.6 is 0 Å². The minimum Gasteiger partial charge on any atom is -0.284 e. The highest BCUT2D eigenvalue weighted by Crippen LogP contribution is 2.28. The van der Waals surface area contributed by atoms with Crippen LogP contribution in [0.3, 0.4) is 0 Å². The Morgan fingerprint density at radius 1 is 1.35 bits per heavy atom. The predicted octanol–water partition coefficient (Wildman–Crippen LogP) is 2.83. The standard InChI is InChI=1S/C12H12N2O3/c1-7-8(2)13(9(3)15)12-6-10(14(16)17)4-5-11(7)12/h4-6H,1-3H3. The van der Waals surface area contributed by atoms with Crippen LogP contribution in [0, 0.1) is 24.0 Å². The largest absolute Gasteiger partial charge is 0.284 e. The number of nitro benzene ring substituents is 1. The van der Waals surface area contributed by atoms with E-state index in [-0.39, 0.29) is 11.6 Å². The van der Waals surface area contributed by atoms with Crippen LogP contribution in [-0.4, -0.2) is 15.4 Å². The van der Waals surface area contributed by atoms with E-state index in [9.17, 15) is 14.9 Å². The number of carbonyl (C=O) groups is 1. The fourth-order valence-corrected chi connectivity index (χ4v) is 2.08. The lowest BCUT2D eigenvalue weighted by molar-refractivity contribution is -0.384. The Hall–Kier alpha value is -2.17. The van der Waals surface area contributed by atoms with Gasteiger partial charge in [0.1, 0.15) is 0 Å². The van der Waals surface area contributed by atoms with Gasteiger partial charge in [-0.3, -0.25) is 19.5 Å². The maximum atomic E-state index is 11.6. The van der Waals surface area contributed by atoms with Gasteiger partial charge >= 0.3 is 0 Å². The van der Waals surface area contributed by atoms with Crippen molar-refractivity contribution in [1.82, 2.24) is 4.57 Å². The van der Waals surface area contributed by atoms with Crippen LogP contribution in [0.5, 0.6) is 0 Å². The zero-order valence-corrected chi connectivity index (χ0v) is 9.85. The molecule has 2 aromatic rings. The maximum Gasteiger partial charge on any atom is 0.271 e. The number of hydrogen-bond acceptors (Lipinski definition) is 3. The van der Waals surface area contributed by atoms with Crippen molar-refractivity contribution < 1.29 is 9.72 Å². The Morgan fingerprint density at radius 3 is 2.53 bits per heavy atom. The van der Waals surface area contributed by atoms with E-state index >= 15 is 0 Å². The normalized spacial score (nSPS) is 10.8. The molecule has 0 spiro atoms. The number of aryl methyl sites for hydroxylation is 1. The molecular formula is C12H12N2O3. The number of benzene rings is 1. The fourth-order valence-electron chi connectivity index (χ4n) is 2.08. The third-order valence-corrected chi connectivity index (χ3v) is 3.03. The lowest BCUT2D eigenvalue weighted by Crippen LogP contribution is -2.07. The topological polar surface area (TPSA) is 65.1 Å². The molecule has 0 aliphatic heterocycles. The highest BCUT2D eigenvalue weighted by molar-refractivity contribution is 5.96. The molecule has 17 heavy (non-hydrogen) atoms. The molecule has 0 radical (unpaired) electrons. The van der Waals surface area contributed by atoms with Gasteiger partial charge in [0.2, 0.25) is 5.91 Å². The first-order valence-electron chi connectivity index (χ1n) is 5.20. The van der Waals surface area contributed by atoms with E-state index in [0.29, 0.717) is 5.52 Å². The molecule has 0 bridgehead atoms. The van der Waals surface area contributed by atoms with Crippen molar-refractivity contribution in [2.75, 3.05) is 0 Å². The fraction of sp³-hybridized carbons (Fsp3) is 0.250. The predicted molar refractivity (Wildman–Crippen MR) is 64.4 cm³/mol. The first-order valence-corrected chi connectivity index (χ1v) is 5.20. The number of hydrogen-bond donors (Lipinski definition) is 0. The molecule has 5 nitrogen and oxygen atoms in total. The van der Waals surface area contributed by atoms with Crippen molar-refractivity contribution in [1.29, 1.82) is 0 Å². The molecule has 0 aliphatic rings. The average molecular weight is 232 g/mol. The summed E-state index contributed by atoms with van der Waals surface area (Å²) in [6, 6.07) is 4.59. The number of nitro groups is 1. The number of fused-ring (bicyclic) bond motifs is 1. The SMILES string of the molecule is CC(=O)n1c(C)c(C)c2ccc([N+](=O)[O-])cc21. The second-order valence-electron chi connectivity index (χ2n) is 4.02. The molecule has 0 saturated carbocycles. The lowest BCUT2D eigenvalue weighted by Gasteiger charge is -2.02. The molecule has 0 unspecified atom stereocenters. The number of carbonyl (C=O) groups excluding carboxylic acids is 1. The quantitative estimate of drug-likeness (QED) is 0.561. The Balaban J connectivity index is 2.88. The van der Waals surface area contributed by atoms with E-state index < -0.39 is 4.92 Å². The summed E-state index contributed by atoms with van der Waals surface area (Å²) in [5, 5.41) is 11.6. The van der Waals surface area contributed by atoms with Gasteiger partial charge in [-0.25, -0.2) is 0 Å². The van der Waals surface area contributed by atoms with Crippen LogP contribution < -0.4 is 0 Å². The van der Waals surface area contributed by atoms with E-state index in [1.54, 1.807) is 6.07 Å². The zero-order valence-electron chi connectivity index (χ0n) is 9.85. The Labute approximate surface area is 97.8 Å². The zero-order chi connectivity index (χ0) is 12.7. The van der Waals surface area contributed by atoms with Crippen molar-refractivity contribution in [2.45, 2.75) is 20.8 Å². The summed E-state index contributed by atoms with van der Waals surface area (Å²) in [6.45, 7) is 5.19. The van der Waals surface area contributed by atoms with Crippen molar-refractivity contribution >= 4 is 22.5 Å². The highest BCUT2D eigenvalue weighted by Gasteiger charge is 2.16. The Morgan fingerprint density at radius 2 is 2.00 bits per heavy atom. The molecular weight excluding hydrogens is 220 g/mol. The summed E-state index contributed by atoms with van der Waals surface area (Å²) in [7, 11) is 0. The number of non-ortho nitro benzene ring substituents is 1.